The highest BCUT2D eigenvalue weighted by Crippen LogP contribution is 2.06. The fourth-order valence-corrected chi connectivity index (χ4v) is 2.79. The van der Waals surface area contributed by atoms with E-state index >= 15 is 0 Å². The molecule has 0 radical (unpaired) electrons. The molecule has 0 saturated carbocycles. The average Bonchev–Trinajstić information content (AvgIpc) is 2.69. The molecular weight excluding hydrogens is 348 g/mol. The third-order valence-electron chi connectivity index (χ3n) is 4.10. The topological polar surface area (TPSA) is 95.2 Å². The van der Waals surface area contributed by atoms with E-state index in [1.54, 1.807) is 12.1 Å². The van der Waals surface area contributed by atoms with Crippen LogP contribution in [0.1, 0.15) is 5.56 Å². The van der Waals surface area contributed by atoms with Gasteiger partial charge in [0.2, 0.25) is 5.91 Å². The predicted octanol–water partition coefficient (Wildman–Crippen LogP) is 0.369. The van der Waals surface area contributed by atoms with Gasteiger partial charge in [0.1, 0.15) is 6.54 Å². The minimum atomic E-state index is -0.550. The van der Waals surface area contributed by atoms with Crippen molar-refractivity contribution in [1.29, 1.82) is 0 Å². The molecule has 0 aliphatic rings. The molecule has 1 aromatic carbocycles. The first-order valence-electron chi connectivity index (χ1n) is 8.49. The number of rotatable bonds is 7. The van der Waals surface area contributed by atoms with E-state index in [9.17, 15) is 14.4 Å². The highest BCUT2D eigenvalue weighted by atomic mass is 16.5. The molecule has 0 atom stereocenters. The second-order valence-corrected chi connectivity index (χ2v) is 5.96. The Morgan fingerprint density at radius 3 is 2.63 bits per heavy atom. The summed E-state index contributed by atoms with van der Waals surface area (Å²) < 4.78 is 7.28. The molecule has 0 aliphatic carbocycles. The second kappa shape index (κ2) is 8.41. The Hall–Kier alpha value is -3.26. The van der Waals surface area contributed by atoms with Crippen molar-refractivity contribution in [3.8, 4) is 0 Å². The Morgan fingerprint density at radius 1 is 1.11 bits per heavy atom. The lowest BCUT2D eigenvalue weighted by Gasteiger charge is -2.13. The molecule has 0 bridgehead atoms. The molecule has 0 aliphatic heterocycles. The summed E-state index contributed by atoms with van der Waals surface area (Å²) in [7, 11) is 1.54. The lowest BCUT2D eigenvalue weighted by Crippen LogP contribution is -2.43. The van der Waals surface area contributed by atoms with Gasteiger partial charge < -0.3 is 10.1 Å². The zero-order valence-corrected chi connectivity index (χ0v) is 14.9. The molecule has 1 N–H and O–H groups in total. The molecule has 0 unspecified atom stereocenters. The zero-order valence-electron chi connectivity index (χ0n) is 14.9. The van der Waals surface area contributed by atoms with Crippen LogP contribution in [0.3, 0.4) is 0 Å². The van der Waals surface area contributed by atoms with E-state index in [1.807, 2.05) is 30.3 Å². The standard InChI is InChI=1S/C19H20N4O4/c1-27-11-10-20-16(24)13-22-15-8-5-9-21-17(15)18(25)23(19(22)26)12-14-6-3-2-4-7-14/h2-9H,10-13H2,1H3,(H,20,24). The minimum Gasteiger partial charge on any atom is -0.383 e. The predicted molar refractivity (Wildman–Crippen MR) is 101 cm³/mol. The molecule has 0 saturated heterocycles. The SMILES string of the molecule is COCCNC(=O)Cn1c(=O)n(Cc2ccccc2)c(=O)c2ncccc21. The molecule has 2 aromatic heterocycles. The van der Waals surface area contributed by atoms with Crippen molar-refractivity contribution in [2.45, 2.75) is 13.1 Å². The number of carbonyl (C=O) groups is 1. The number of pyridine rings is 1. The van der Waals surface area contributed by atoms with E-state index in [2.05, 4.69) is 10.3 Å². The van der Waals surface area contributed by atoms with Crippen molar-refractivity contribution < 1.29 is 9.53 Å². The van der Waals surface area contributed by atoms with Gasteiger partial charge in [-0.05, 0) is 17.7 Å². The molecule has 0 fully saturated rings. The number of ether oxygens (including phenoxy) is 1. The van der Waals surface area contributed by atoms with Crippen LogP contribution in [-0.4, -0.2) is 40.3 Å². The largest absolute Gasteiger partial charge is 0.383 e. The average molecular weight is 368 g/mol. The van der Waals surface area contributed by atoms with Gasteiger partial charge in [0.25, 0.3) is 5.56 Å². The quantitative estimate of drug-likeness (QED) is 0.608. The number of amides is 1. The van der Waals surface area contributed by atoms with Crippen molar-refractivity contribution in [3.05, 3.63) is 75.1 Å². The van der Waals surface area contributed by atoms with E-state index in [0.717, 1.165) is 10.1 Å². The molecule has 2 heterocycles. The van der Waals surface area contributed by atoms with Crippen molar-refractivity contribution >= 4 is 16.9 Å². The molecule has 140 valence electrons. The minimum absolute atomic E-state index is 0.107. The highest BCUT2D eigenvalue weighted by Gasteiger charge is 2.16. The van der Waals surface area contributed by atoms with Crippen LogP contribution in [0.5, 0.6) is 0 Å². The van der Waals surface area contributed by atoms with Crippen molar-refractivity contribution in [3.63, 3.8) is 0 Å². The van der Waals surface area contributed by atoms with Crippen molar-refractivity contribution in [1.82, 2.24) is 19.4 Å². The fraction of sp³-hybridized carbons (Fsp3) is 0.263. The third kappa shape index (κ3) is 4.12. The van der Waals surface area contributed by atoms with E-state index in [-0.39, 0.29) is 24.5 Å². The van der Waals surface area contributed by atoms with Gasteiger partial charge in [0, 0.05) is 19.9 Å². The first-order chi connectivity index (χ1) is 13.1. The Balaban J connectivity index is 2.05. The van der Waals surface area contributed by atoms with E-state index in [0.29, 0.717) is 18.7 Å². The van der Waals surface area contributed by atoms with Crippen LogP contribution in [0.15, 0.2) is 58.3 Å². The Morgan fingerprint density at radius 2 is 1.89 bits per heavy atom. The van der Waals surface area contributed by atoms with Gasteiger partial charge in [-0.3, -0.25) is 18.7 Å². The Labute approximate surface area is 155 Å². The fourth-order valence-electron chi connectivity index (χ4n) is 2.79. The molecule has 1 amide bonds. The number of benzene rings is 1. The van der Waals surface area contributed by atoms with Crippen LogP contribution in [0.2, 0.25) is 0 Å². The zero-order chi connectivity index (χ0) is 19.2. The van der Waals surface area contributed by atoms with Crippen LogP contribution in [0.25, 0.3) is 11.0 Å². The summed E-state index contributed by atoms with van der Waals surface area (Å²) in [6.45, 7) is 0.608. The maximum Gasteiger partial charge on any atom is 0.332 e. The lowest BCUT2D eigenvalue weighted by atomic mass is 10.2. The molecule has 8 nitrogen and oxygen atoms in total. The smallest absolute Gasteiger partial charge is 0.332 e. The first kappa shape index (κ1) is 18.5. The second-order valence-electron chi connectivity index (χ2n) is 5.96. The molecular formula is C19H20N4O4. The van der Waals surface area contributed by atoms with Crippen molar-refractivity contribution in [2.24, 2.45) is 0 Å². The number of carbonyl (C=O) groups excluding carboxylic acids is 1. The molecule has 8 heteroatoms. The van der Waals surface area contributed by atoms with Gasteiger partial charge in [-0.1, -0.05) is 30.3 Å². The number of methoxy groups -OCH3 is 1. The Bertz CT molecular complexity index is 1060. The summed E-state index contributed by atoms with van der Waals surface area (Å²) in [6.07, 6.45) is 1.49. The number of nitrogens with one attached hydrogen (secondary N) is 1. The number of hydrogen-bond donors (Lipinski definition) is 1. The number of fused-ring (bicyclic) bond motifs is 1. The first-order valence-corrected chi connectivity index (χ1v) is 8.49. The van der Waals surface area contributed by atoms with Gasteiger partial charge in [-0.2, -0.15) is 0 Å². The third-order valence-corrected chi connectivity index (χ3v) is 4.10. The number of aromatic nitrogens is 3. The molecule has 3 rings (SSSR count). The molecule has 0 spiro atoms. The summed E-state index contributed by atoms with van der Waals surface area (Å²) in [5, 5.41) is 2.68. The van der Waals surface area contributed by atoms with Crippen LogP contribution in [0, 0.1) is 0 Å². The summed E-state index contributed by atoms with van der Waals surface area (Å²) in [5.41, 5.74) is 0.265. The summed E-state index contributed by atoms with van der Waals surface area (Å²) in [5.74, 6) is -0.343. The summed E-state index contributed by atoms with van der Waals surface area (Å²) in [4.78, 5) is 42.1. The highest BCUT2D eigenvalue weighted by molar-refractivity contribution is 5.79. The van der Waals surface area contributed by atoms with Crippen LogP contribution >= 0.6 is 0 Å². The monoisotopic (exact) mass is 368 g/mol. The van der Waals surface area contributed by atoms with Crippen molar-refractivity contribution in [2.75, 3.05) is 20.3 Å². The van der Waals surface area contributed by atoms with E-state index in [1.165, 1.54) is 17.9 Å². The van der Waals surface area contributed by atoms with Gasteiger partial charge in [0.05, 0.1) is 18.7 Å². The van der Waals surface area contributed by atoms with E-state index < -0.39 is 11.2 Å². The van der Waals surface area contributed by atoms with Gasteiger partial charge in [-0.25, -0.2) is 9.78 Å². The van der Waals surface area contributed by atoms with Crippen LogP contribution in [-0.2, 0) is 22.6 Å². The van der Waals surface area contributed by atoms with Gasteiger partial charge in [0.15, 0.2) is 5.52 Å². The maximum atomic E-state index is 13.0. The Kier molecular flexibility index (Phi) is 5.77. The van der Waals surface area contributed by atoms with Crippen LogP contribution in [0.4, 0.5) is 0 Å². The summed E-state index contributed by atoms with van der Waals surface area (Å²) in [6, 6.07) is 12.4. The van der Waals surface area contributed by atoms with Gasteiger partial charge >= 0.3 is 5.69 Å². The molecule has 27 heavy (non-hydrogen) atoms. The summed E-state index contributed by atoms with van der Waals surface area (Å²) >= 11 is 0. The maximum absolute atomic E-state index is 13.0. The van der Waals surface area contributed by atoms with Gasteiger partial charge in [-0.15, -0.1) is 0 Å². The molecule has 3 aromatic rings. The van der Waals surface area contributed by atoms with Crippen LogP contribution < -0.4 is 16.6 Å². The normalized spacial score (nSPS) is 10.9. The lowest BCUT2D eigenvalue weighted by molar-refractivity contribution is -0.121. The number of nitrogens with zero attached hydrogens (tertiary/aromatic N) is 3. The number of hydrogen-bond acceptors (Lipinski definition) is 5. The van der Waals surface area contributed by atoms with E-state index in [4.69, 9.17) is 4.74 Å².